The minimum Gasteiger partial charge on any atom is -0.508 e. The van der Waals surface area contributed by atoms with E-state index in [-0.39, 0.29) is 35.0 Å². The maximum Gasteiger partial charge on any atom is 0.163 e. The largest absolute Gasteiger partial charge is 0.508 e. The van der Waals surface area contributed by atoms with Crippen LogP contribution in [0.15, 0.2) is 54.6 Å². The monoisotopic (exact) mass is 324 g/mol. The zero-order chi connectivity index (χ0) is 17.5. The molecule has 5 nitrogen and oxygen atoms in total. The van der Waals surface area contributed by atoms with Crippen molar-refractivity contribution in [2.45, 2.75) is 6.42 Å². The van der Waals surface area contributed by atoms with E-state index in [1.807, 2.05) is 0 Å². The Bertz CT molecular complexity index is 781. The Morgan fingerprint density at radius 3 is 1.92 bits per heavy atom. The minimum atomic E-state index is -0.446. The number of phenolic OH excluding ortho intramolecular Hbond substituents is 3. The molecule has 2 aromatic rings. The van der Waals surface area contributed by atoms with Crippen molar-refractivity contribution in [3.63, 3.8) is 0 Å². The summed E-state index contributed by atoms with van der Waals surface area (Å²) in [5, 5.41) is 28.4. The second-order valence-corrected chi connectivity index (χ2v) is 5.08. The number of hydrogen-bond donors (Lipinski definition) is 3. The SMILES string of the molecule is O=C(C=Cc1ccc(O)cc1)CC(=O)C=Cc1c(O)cccc1O. The summed E-state index contributed by atoms with van der Waals surface area (Å²) in [5.74, 6) is -1.00. The van der Waals surface area contributed by atoms with Gasteiger partial charge in [-0.3, -0.25) is 9.59 Å². The topological polar surface area (TPSA) is 94.8 Å². The van der Waals surface area contributed by atoms with Crippen LogP contribution in [0.3, 0.4) is 0 Å². The van der Waals surface area contributed by atoms with Crippen LogP contribution in [-0.4, -0.2) is 26.9 Å². The molecule has 0 aromatic heterocycles. The molecule has 3 N–H and O–H groups in total. The number of benzene rings is 2. The molecular weight excluding hydrogens is 308 g/mol. The second kappa shape index (κ2) is 7.78. The fraction of sp³-hybridized carbons (Fsp3) is 0.0526. The zero-order valence-electron chi connectivity index (χ0n) is 12.7. The Kier molecular flexibility index (Phi) is 5.52. The van der Waals surface area contributed by atoms with Gasteiger partial charge in [-0.05, 0) is 48.1 Å². The van der Waals surface area contributed by atoms with Crippen LogP contribution < -0.4 is 0 Å². The molecule has 0 spiro atoms. The molecular formula is C19H16O5. The molecule has 0 unspecified atom stereocenters. The van der Waals surface area contributed by atoms with Crippen molar-refractivity contribution >= 4 is 23.7 Å². The van der Waals surface area contributed by atoms with Crippen LogP contribution in [0, 0.1) is 0 Å². The van der Waals surface area contributed by atoms with Gasteiger partial charge in [0.2, 0.25) is 0 Å². The summed E-state index contributed by atoms with van der Waals surface area (Å²) in [5.41, 5.74) is 0.848. The van der Waals surface area contributed by atoms with Crippen molar-refractivity contribution in [2.24, 2.45) is 0 Å². The maximum absolute atomic E-state index is 11.8. The molecule has 0 saturated heterocycles. The lowest BCUT2D eigenvalue weighted by Crippen LogP contribution is -2.01. The third-order valence-electron chi connectivity index (χ3n) is 3.20. The van der Waals surface area contributed by atoms with E-state index in [2.05, 4.69) is 0 Å². The number of rotatable bonds is 6. The molecule has 122 valence electrons. The molecule has 24 heavy (non-hydrogen) atoms. The van der Waals surface area contributed by atoms with Crippen molar-refractivity contribution < 1.29 is 24.9 Å². The van der Waals surface area contributed by atoms with Gasteiger partial charge in [0.05, 0.1) is 12.0 Å². The lowest BCUT2D eigenvalue weighted by Gasteiger charge is -2.01. The lowest BCUT2D eigenvalue weighted by atomic mass is 10.1. The molecule has 5 heteroatoms. The average molecular weight is 324 g/mol. The van der Waals surface area contributed by atoms with Gasteiger partial charge in [-0.25, -0.2) is 0 Å². The maximum atomic E-state index is 11.8. The van der Waals surface area contributed by atoms with Gasteiger partial charge in [-0.15, -0.1) is 0 Å². The molecule has 0 heterocycles. The predicted molar refractivity (Wildman–Crippen MR) is 90.6 cm³/mol. The Balaban J connectivity index is 1.95. The van der Waals surface area contributed by atoms with E-state index in [1.54, 1.807) is 18.2 Å². The number of phenols is 3. The first kappa shape index (κ1) is 17.0. The molecule has 0 radical (unpaired) electrons. The van der Waals surface area contributed by atoms with Crippen LogP contribution in [-0.2, 0) is 9.59 Å². The van der Waals surface area contributed by atoms with E-state index in [9.17, 15) is 19.8 Å². The van der Waals surface area contributed by atoms with Gasteiger partial charge in [-0.2, -0.15) is 0 Å². The summed E-state index contributed by atoms with van der Waals surface area (Å²) in [6.45, 7) is 0. The van der Waals surface area contributed by atoms with E-state index in [0.29, 0.717) is 0 Å². The second-order valence-electron chi connectivity index (χ2n) is 5.08. The van der Waals surface area contributed by atoms with E-state index >= 15 is 0 Å². The van der Waals surface area contributed by atoms with Gasteiger partial charge < -0.3 is 15.3 Å². The smallest absolute Gasteiger partial charge is 0.163 e. The molecule has 0 saturated carbocycles. The quantitative estimate of drug-likeness (QED) is 0.561. The van der Waals surface area contributed by atoms with Crippen molar-refractivity contribution in [1.82, 2.24) is 0 Å². The van der Waals surface area contributed by atoms with Gasteiger partial charge in [0, 0.05) is 0 Å². The van der Waals surface area contributed by atoms with Crippen LogP contribution in [0.25, 0.3) is 12.2 Å². The average Bonchev–Trinajstić information content (AvgIpc) is 2.54. The lowest BCUT2D eigenvalue weighted by molar-refractivity contribution is -0.121. The van der Waals surface area contributed by atoms with Crippen molar-refractivity contribution in [3.8, 4) is 17.2 Å². The number of aromatic hydroxyl groups is 3. The summed E-state index contributed by atoms with van der Waals surface area (Å²) in [4.78, 5) is 23.5. The Morgan fingerprint density at radius 1 is 0.792 bits per heavy atom. The van der Waals surface area contributed by atoms with E-state index in [0.717, 1.165) is 11.6 Å². The Morgan fingerprint density at radius 2 is 1.33 bits per heavy atom. The van der Waals surface area contributed by atoms with Crippen LogP contribution >= 0.6 is 0 Å². The number of carbonyl (C=O) groups excluding carboxylic acids is 2. The third-order valence-corrected chi connectivity index (χ3v) is 3.20. The Labute approximate surface area is 138 Å². The van der Waals surface area contributed by atoms with Crippen molar-refractivity contribution in [3.05, 3.63) is 65.7 Å². The highest BCUT2D eigenvalue weighted by molar-refractivity contribution is 6.11. The van der Waals surface area contributed by atoms with Crippen LogP contribution in [0.5, 0.6) is 17.2 Å². The molecule has 2 aromatic carbocycles. The molecule has 2 rings (SSSR count). The standard InChI is InChI=1S/C19H16O5/c20-14-7-4-13(5-8-14)6-9-15(21)12-16(22)10-11-17-18(23)2-1-3-19(17)24/h1-11,20,23-24H,12H2. The summed E-state index contributed by atoms with van der Waals surface area (Å²) < 4.78 is 0. The van der Waals surface area contributed by atoms with Gasteiger partial charge in [-0.1, -0.05) is 24.3 Å². The number of hydrogen-bond acceptors (Lipinski definition) is 5. The van der Waals surface area contributed by atoms with Gasteiger partial charge in [0.1, 0.15) is 17.2 Å². The van der Waals surface area contributed by atoms with Gasteiger partial charge >= 0.3 is 0 Å². The Hall–Kier alpha value is -3.34. The molecule has 0 amide bonds. The first-order chi connectivity index (χ1) is 11.5. The van der Waals surface area contributed by atoms with Gasteiger partial charge in [0.15, 0.2) is 11.6 Å². The van der Waals surface area contributed by atoms with Crippen LogP contribution in [0.1, 0.15) is 17.5 Å². The molecule has 0 fully saturated rings. The number of allylic oxidation sites excluding steroid dienone is 2. The molecule has 0 bridgehead atoms. The molecule has 0 atom stereocenters. The van der Waals surface area contributed by atoms with Crippen molar-refractivity contribution in [1.29, 1.82) is 0 Å². The first-order valence-corrected chi connectivity index (χ1v) is 7.17. The first-order valence-electron chi connectivity index (χ1n) is 7.17. The van der Waals surface area contributed by atoms with Crippen molar-refractivity contribution in [2.75, 3.05) is 0 Å². The third kappa shape index (κ3) is 4.84. The summed E-state index contributed by atoms with van der Waals surface area (Å²) in [7, 11) is 0. The van der Waals surface area contributed by atoms with Crippen LogP contribution in [0.4, 0.5) is 0 Å². The fourth-order valence-electron chi connectivity index (χ4n) is 1.95. The summed E-state index contributed by atoms with van der Waals surface area (Å²) in [6.07, 6.45) is 4.92. The molecule has 0 aliphatic carbocycles. The molecule has 0 aliphatic heterocycles. The minimum absolute atomic E-state index is 0.123. The highest BCUT2D eigenvalue weighted by Gasteiger charge is 2.06. The number of carbonyl (C=O) groups is 2. The number of ketones is 2. The summed E-state index contributed by atoms with van der Waals surface area (Å²) >= 11 is 0. The molecule has 0 aliphatic rings. The fourth-order valence-corrected chi connectivity index (χ4v) is 1.95. The normalized spacial score (nSPS) is 11.2. The van der Waals surface area contributed by atoms with E-state index < -0.39 is 5.78 Å². The predicted octanol–water partition coefficient (Wildman–Crippen LogP) is 3.06. The summed E-state index contributed by atoms with van der Waals surface area (Å²) in [6, 6.07) is 10.5. The van der Waals surface area contributed by atoms with E-state index in [1.165, 1.54) is 42.5 Å². The highest BCUT2D eigenvalue weighted by atomic mass is 16.3. The van der Waals surface area contributed by atoms with Crippen LogP contribution in [0.2, 0.25) is 0 Å². The highest BCUT2D eigenvalue weighted by Crippen LogP contribution is 2.27. The van der Waals surface area contributed by atoms with Gasteiger partial charge in [0.25, 0.3) is 0 Å². The zero-order valence-corrected chi connectivity index (χ0v) is 12.7. The van der Waals surface area contributed by atoms with E-state index in [4.69, 9.17) is 5.11 Å².